The van der Waals surface area contributed by atoms with Gasteiger partial charge in [-0.05, 0) is 50.6 Å². The summed E-state index contributed by atoms with van der Waals surface area (Å²) in [6.45, 7) is 2.32. The van der Waals surface area contributed by atoms with Crippen LogP contribution in [-0.2, 0) is 6.54 Å². The van der Waals surface area contributed by atoms with E-state index in [0.29, 0.717) is 30.3 Å². The van der Waals surface area contributed by atoms with Crippen molar-refractivity contribution in [2.45, 2.75) is 45.6 Å². The Morgan fingerprint density at radius 2 is 2.05 bits per heavy atom. The molecule has 202 valence electrons. The SMILES string of the molecule is CNCc1ccc(F)c(OCCO)c1.Cc1nc(C=O)cc(/C(N)=N/N(C)N)n1.N#CC1CCCCC1. The highest BCUT2D eigenvalue weighted by Gasteiger charge is 2.10. The first-order valence-corrected chi connectivity index (χ1v) is 11.9. The molecule has 12 heteroatoms. The highest BCUT2D eigenvalue weighted by Crippen LogP contribution is 2.22. The summed E-state index contributed by atoms with van der Waals surface area (Å²) >= 11 is 0. The number of hydrazine groups is 1. The third kappa shape index (κ3) is 12.7. The van der Waals surface area contributed by atoms with Crippen LogP contribution in [-0.4, -0.2) is 59.6 Å². The second-order valence-corrected chi connectivity index (χ2v) is 8.23. The standard InChI is InChI=1S/C10H14FNO2.C8H12N6O.C7H11N/c1-12-7-8-2-3-9(11)10(6-8)14-5-4-13;1-5-11-6(4-15)3-7(12-5)8(9)13-14(2)10;8-6-7-4-2-1-3-5-7/h2-3,6,12-13H,4-5,7H2,1H3;3-4H,10H2,1-2H3,(H2,9,13);7H,1-5H2. The van der Waals surface area contributed by atoms with Crippen LogP contribution in [0.15, 0.2) is 29.4 Å². The molecule has 6 N–H and O–H groups in total. The van der Waals surface area contributed by atoms with E-state index >= 15 is 0 Å². The van der Waals surface area contributed by atoms with E-state index in [4.69, 9.17) is 26.7 Å². The minimum absolute atomic E-state index is 0.111. The van der Waals surface area contributed by atoms with Gasteiger partial charge in [-0.25, -0.2) is 25.3 Å². The van der Waals surface area contributed by atoms with Gasteiger partial charge < -0.3 is 20.9 Å². The highest BCUT2D eigenvalue weighted by atomic mass is 19.1. The van der Waals surface area contributed by atoms with Crippen LogP contribution in [0.3, 0.4) is 0 Å². The predicted molar refractivity (Wildman–Crippen MR) is 139 cm³/mol. The molecule has 1 heterocycles. The number of aromatic nitrogens is 2. The lowest BCUT2D eigenvalue weighted by atomic mass is 9.91. The van der Waals surface area contributed by atoms with Gasteiger partial charge in [-0.1, -0.05) is 25.3 Å². The van der Waals surface area contributed by atoms with Crippen LogP contribution in [0.4, 0.5) is 4.39 Å². The van der Waals surface area contributed by atoms with Crippen LogP contribution in [0.1, 0.15) is 59.7 Å². The number of benzene rings is 1. The van der Waals surface area contributed by atoms with Gasteiger partial charge in [-0.2, -0.15) is 5.26 Å². The Morgan fingerprint density at radius 1 is 1.35 bits per heavy atom. The number of aldehydes is 1. The summed E-state index contributed by atoms with van der Waals surface area (Å²) in [5.41, 5.74) is 7.19. The third-order valence-electron chi connectivity index (χ3n) is 5.02. The van der Waals surface area contributed by atoms with Gasteiger partial charge in [0.15, 0.2) is 23.7 Å². The summed E-state index contributed by atoms with van der Waals surface area (Å²) in [5.74, 6) is 6.05. The molecule has 11 nitrogen and oxygen atoms in total. The Kier molecular flexibility index (Phi) is 15.0. The van der Waals surface area contributed by atoms with Gasteiger partial charge in [0, 0.05) is 19.5 Å². The summed E-state index contributed by atoms with van der Waals surface area (Å²) in [6, 6.07) is 8.43. The van der Waals surface area contributed by atoms with Crippen LogP contribution >= 0.6 is 0 Å². The number of amidine groups is 1. The quantitative estimate of drug-likeness (QED) is 0.133. The molecule has 1 saturated carbocycles. The van der Waals surface area contributed by atoms with Crippen molar-refractivity contribution in [2.75, 3.05) is 27.3 Å². The van der Waals surface area contributed by atoms with Crippen LogP contribution in [0.2, 0.25) is 0 Å². The number of nitrogens with one attached hydrogen (secondary N) is 1. The zero-order valence-corrected chi connectivity index (χ0v) is 21.7. The zero-order valence-electron chi connectivity index (χ0n) is 21.7. The van der Waals surface area contributed by atoms with Crippen molar-refractivity contribution in [3.05, 3.63) is 52.9 Å². The number of hydrazone groups is 1. The van der Waals surface area contributed by atoms with Crippen molar-refractivity contribution < 1.29 is 19.0 Å². The van der Waals surface area contributed by atoms with Gasteiger partial charge in [0.2, 0.25) is 0 Å². The van der Waals surface area contributed by atoms with Crippen molar-refractivity contribution in [1.29, 1.82) is 5.26 Å². The molecule has 1 aliphatic carbocycles. The molecule has 0 radical (unpaired) electrons. The Bertz CT molecular complexity index is 1040. The molecule has 0 saturated heterocycles. The molecular formula is C25H37FN8O3. The first-order chi connectivity index (χ1) is 17.7. The fourth-order valence-electron chi connectivity index (χ4n) is 3.36. The second-order valence-electron chi connectivity index (χ2n) is 8.23. The topological polar surface area (TPSA) is 176 Å². The fourth-order valence-corrected chi connectivity index (χ4v) is 3.36. The number of ether oxygens (including phenoxy) is 1. The zero-order chi connectivity index (χ0) is 27.6. The van der Waals surface area contributed by atoms with Gasteiger partial charge >= 0.3 is 0 Å². The van der Waals surface area contributed by atoms with Gasteiger partial charge in [-0.15, -0.1) is 5.10 Å². The fraction of sp³-hybridized carbons (Fsp3) is 0.480. The van der Waals surface area contributed by atoms with E-state index in [2.05, 4.69) is 26.5 Å². The summed E-state index contributed by atoms with van der Waals surface area (Å²) in [7, 11) is 3.35. The van der Waals surface area contributed by atoms with Crippen LogP contribution < -0.4 is 21.6 Å². The van der Waals surface area contributed by atoms with E-state index in [1.165, 1.54) is 38.4 Å². The smallest absolute Gasteiger partial charge is 0.171 e. The van der Waals surface area contributed by atoms with E-state index in [0.717, 1.165) is 23.5 Å². The summed E-state index contributed by atoms with van der Waals surface area (Å²) in [6.07, 6.45) is 6.82. The Hall–Kier alpha value is -3.66. The largest absolute Gasteiger partial charge is 0.488 e. The molecule has 37 heavy (non-hydrogen) atoms. The number of halogens is 1. The number of aryl methyl sites for hydroxylation is 1. The molecule has 0 amide bonds. The first kappa shape index (κ1) is 31.4. The molecule has 1 aromatic carbocycles. The molecule has 0 aliphatic heterocycles. The summed E-state index contributed by atoms with van der Waals surface area (Å²) in [5, 5.41) is 24.8. The average molecular weight is 517 g/mol. The van der Waals surface area contributed by atoms with Gasteiger partial charge in [-0.3, -0.25) is 4.79 Å². The average Bonchev–Trinajstić information content (AvgIpc) is 2.89. The van der Waals surface area contributed by atoms with Crippen molar-refractivity contribution in [3.8, 4) is 11.8 Å². The number of carbonyl (C=O) groups is 1. The van der Waals surface area contributed by atoms with Crippen LogP contribution in [0.25, 0.3) is 0 Å². The number of nitrogens with two attached hydrogens (primary N) is 2. The number of hydrogen-bond donors (Lipinski definition) is 4. The van der Waals surface area contributed by atoms with Crippen molar-refractivity contribution >= 4 is 12.1 Å². The lowest BCUT2D eigenvalue weighted by Crippen LogP contribution is -2.26. The van der Waals surface area contributed by atoms with E-state index in [-0.39, 0.29) is 30.5 Å². The number of rotatable bonds is 8. The monoisotopic (exact) mass is 516 g/mol. The summed E-state index contributed by atoms with van der Waals surface area (Å²) < 4.78 is 18.1. The van der Waals surface area contributed by atoms with E-state index < -0.39 is 5.82 Å². The first-order valence-electron chi connectivity index (χ1n) is 11.9. The third-order valence-corrected chi connectivity index (χ3v) is 5.02. The van der Waals surface area contributed by atoms with E-state index in [1.807, 2.05) is 7.05 Å². The number of aliphatic hydroxyl groups is 1. The van der Waals surface area contributed by atoms with Crippen molar-refractivity contribution in [2.24, 2.45) is 22.6 Å². The molecule has 0 bridgehead atoms. The van der Waals surface area contributed by atoms with Crippen LogP contribution in [0.5, 0.6) is 5.75 Å². The maximum atomic E-state index is 13.1. The van der Waals surface area contributed by atoms with Crippen molar-refractivity contribution in [1.82, 2.24) is 20.4 Å². The number of carbonyl (C=O) groups excluding carboxylic acids is 1. The Balaban J connectivity index is 0.000000290. The van der Waals surface area contributed by atoms with Crippen molar-refractivity contribution in [3.63, 3.8) is 0 Å². The highest BCUT2D eigenvalue weighted by molar-refractivity contribution is 5.96. The molecule has 1 aromatic heterocycles. The van der Waals surface area contributed by atoms with E-state index in [1.54, 1.807) is 19.1 Å². The summed E-state index contributed by atoms with van der Waals surface area (Å²) in [4.78, 5) is 18.5. The minimum atomic E-state index is -0.404. The molecule has 1 fully saturated rings. The van der Waals surface area contributed by atoms with Crippen LogP contribution in [0, 0.1) is 30.0 Å². The van der Waals surface area contributed by atoms with Gasteiger partial charge in [0.05, 0.1) is 12.7 Å². The Labute approximate surface area is 217 Å². The molecule has 1 aliphatic rings. The predicted octanol–water partition coefficient (Wildman–Crippen LogP) is 2.03. The minimum Gasteiger partial charge on any atom is -0.488 e. The Morgan fingerprint density at radius 3 is 2.59 bits per heavy atom. The molecular weight excluding hydrogens is 479 g/mol. The molecule has 0 atom stereocenters. The lowest BCUT2D eigenvalue weighted by Gasteiger charge is -2.13. The molecule has 0 spiro atoms. The number of aliphatic hydroxyl groups excluding tert-OH is 1. The number of nitrogens with zero attached hydrogens (tertiary/aromatic N) is 5. The van der Waals surface area contributed by atoms with E-state index in [9.17, 15) is 9.18 Å². The molecule has 2 aromatic rings. The number of nitriles is 1. The maximum Gasteiger partial charge on any atom is 0.171 e. The molecule has 0 unspecified atom stereocenters. The molecule has 3 rings (SSSR count). The van der Waals surface area contributed by atoms with Gasteiger partial charge in [0.25, 0.3) is 0 Å². The lowest BCUT2D eigenvalue weighted by molar-refractivity contribution is 0.111. The maximum absolute atomic E-state index is 13.1. The van der Waals surface area contributed by atoms with Gasteiger partial charge in [0.1, 0.15) is 23.8 Å². The second kappa shape index (κ2) is 17.7. The normalized spacial score (nSPS) is 13.3. The number of hydrogen-bond acceptors (Lipinski definition) is 10.